The van der Waals surface area contributed by atoms with Crippen LogP contribution in [0, 0.1) is 5.41 Å². The zero-order valence-corrected chi connectivity index (χ0v) is 9.06. The second kappa shape index (κ2) is 10.3. The second-order valence-electron chi connectivity index (χ2n) is 2.92. The summed E-state index contributed by atoms with van der Waals surface area (Å²) in [5.41, 5.74) is 0. The van der Waals surface area contributed by atoms with Crippen LogP contribution in [0.25, 0.3) is 0 Å². The summed E-state index contributed by atoms with van der Waals surface area (Å²) in [5, 5.41) is 13.3. The van der Waals surface area contributed by atoms with E-state index in [4.69, 9.17) is 14.9 Å². The number of guanidine groups is 1. The molecule has 0 aliphatic carbocycles. The molecule has 0 atom stereocenters. The van der Waals surface area contributed by atoms with E-state index in [9.17, 15) is 0 Å². The van der Waals surface area contributed by atoms with Gasteiger partial charge in [-0.05, 0) is 12.8 Å². The van der Waals surface area contributed by atoms with Crippen LogP contribution in [-0.4, -0.2) is 46.5 Å². The molecular weight excluding hydrogens is 182 g/mol. The minimum Gasteiger partial charge on any atom is -0.385 e. The van der Waals surface area contributed by atoms with E-state index in [1.54, 1.807) is 14.2 Å². The molecule has 5 heteroatoms. The van der Waals surface area contributed by atoms with Crippen molar-refractivity contribution in [2.45, 2.75) is 12.8 Å². The third-order valence-electron chi connectivity index (χ3n) is 1.65. The molecule has 0 aromatic heterocycles. The van der Waals surface area contributed by atoms with Crippen LogP contribution in [0.15, 0.2) is 0 Å². The molecule has 0 unspecified atom stereocenters. The maximum atomic E-state index is 7.46. The van der Waals surface area contributed by atoms with Gasteiger partial charge in [-0.1, -0.05) is 0 Å². The minimum absolute atomic E-state index is 0.372. The summed E-state index contributed by atoms with van der Waals surface area (Å²) in [6.45, 7) is 2.99. The normalized spacial score (nSPS) is 9.86. The first-order valence-electron chi connectivity index (χ1n) is 4.85. The van der Waals surface area contributed by atoms with Crippen molar-refractivity contribution in [3.05, 3.63) is 0 Å². The van der Waals surface area contributed by atoms with E-state index in [-0.39, 0.29) is 0 Å². The van der Waals surface area contributed by atoms with Gasteiger partial charge < -0.3 is 20.1 Å². The third kappa shape index (κ3) is 9.28. The van der Waals surface area contributed by atoms with E-state index < -0.39 is 0 Å². The van der Waals surface area contributed by atoms with E-state index >= 15 is 0 Å². The summed E-state index contributed by atoms with van der Waals surface area (Å²) in [6, 6.07) is 0. The quantitative estimate of drug-likeness (QED) is 0.299. The molecule has 84 valence electrons. The van der Waals surface area contributed by atoms with Crippen LogP contribution in [0.5, 0.6) is 0 Å². The smallest absolute Gasteiger partial charge is 0.188 e. The van der Waals surface area contributed by atoms with Crippen molar-refractivity contribution in [3.8, 4) is 0 Å². The van der Waals surface area contributed by atoms with Gasteiger partial charge in [-0.25, -0.2) is 0 Å². The average Bonchev–Trinajstić information content (AvgIpc) is 2.19. The van der Waals surface area contributed by atoms with Crippen molar-refractivity contribution >= 4 is 5.96 Å². The van der Waals surface area contributed by atoms with Crippen molar-refractivity contribution in [2.75, 3.05) is 40.5 Å². The highest BCUT2D eigenvalue weighted by atomic mass is 16.5. The lowest BCUT2D eigenvalue weighted by Crippen LogP contribution is -2.37. The van der Waals surface area contributed by atoms with Crippen molar-refractivity contribution in [2.24, 2.45) is 0 Å². The van der Waals surface area contributed by atoms with Gasteiger partial charge in [0.25, 0.3) is 0 Å². The first-order chi connectivity index (χ1) is 6.81. The fraction of sp³-hybridized carbons (Fsp3) is 0.889. The van der Waals surface area contributed by atoms with E-state index in [0.29, 0.717) is 5.96 Å². The number of rotatable bonds is 8. The van der Waals surface area contributed by atoms with Gasteiger partial charge in [0.05, 0.1) is 0 Å². The summed E-state index contributed by atoms with van der Waals surface area (Å²) >= 11 is 0. The minimum atomic E-state index is 0.372. The number of ether oxygens (including phenoxy) is 2. The first kappa shape index (κ1) is 13.2. The zero-order valence-electron chi connectivity index (χ0n) is 9.06. The Morgan fingerprint density at radius 1 is 1.00 bits per heavy atom. The lowest BCUT2D eigenvalue weighted by molar-refractivity contribution is 0.195. The molecule has 0 heterocycles. The predicted octanol–water partition coefficient (Wildman–Crippen LogP) is 0.173. The van der Waals surface area contributed by atoms with E-state index in [0.717, 1.165) is 39.1 Å². The molecule has 0 amide bonds. The molecular formula is C9H21N3O2. The van der Waals surface area contributed by atoms with Crippen LogP contribution in [0.4, 0.5) is 0 Å². The monoisotopic (exact) mass is 203 g/mol. The fourth-order valence-electron chi connectivity index (χ4n) is 0.922. The number of hydrogen-bond acceptors (Lipinski definition) is 3. The first-order valence-corrected chi connectivity index (χ1v) is 4.85. The Bertz CT molecular complexity index is 128. The average molecular weight is 203 g/mol. The van der Waals surface area contributed by atoms with Crippen LogP contribution in [-0.2, 0) is 9.47 Å². The lowest BCUT2D eigenvalue weighted by atomic mass is 10.4. The lowest BCUT2D eigenvalue weighted by Gasteiger charge is -2.09. The highest BCUT2D eigenvalue weighted by Crippen LogP contribution is 1.78. The molecule has 0 rings (SSSR count). The van der Waals surface area contributed by atoms with Gasteiger partial charge >= 0.3 is 0 Å². The maximum absolute atomic E-state index is 7.46. The van der Waals surface area contributed by atoms with E-state index in [1.807, 2.05) is 0 Å². The molecule has 0 saturated carbocycles. The molecule has 0 aliphatic heterocycles. The van der Waals surface area contributed by atoms with Crippen molar-refractivity contribution in [1.29, 1.82) is 5.41 Å². The van der Waals surface area contributed by atoms with Gasteiger partial charge in [0.15, 0.2) is 5.96 Å². The Labute approximate surface area is 85.7 Å². The van der Waals surface area contributed by atoms with Crippen LogP contribution < -0.4 is 10.6 Å². The van der Waals surface area contributed by atoms with Gasteiger partial charge in [0.1, 0.15) is 0 Å². The molecule has 0 fully saturated rings. The molecule has 14 heavy (non-hydrogen) atoms. The van der Waals surface area contributed by atoms with Gasteiger partial charge in [-0.15, -0.1) is 0 Å². The molecule has 0 saturated heterocycles. The van der Waals surface area contributed by atoms with Gasteiger partial charge in [0.2, 0.25) is 0 Å². The van der Waals surface area contributed by atoms with Gasteiger partial charge in [-0.3, -0.25) is 5.41 Å². The number of nitrogens with one attached hydrogen (secondary N) is 3. The molecule has 0 aromatic rings. The molecule has 0 aromatic carbocycles. The molecule has 0 bridgehead atoms. The van der Waals surface area contributed by atoms with Crippen molar-refractivity contribution < 1.29 is 9.47 Å². The summed E-state index contributed by atoms with van der Waals surface area (Å²) in [7, 11) is 3.35. The topological polar surface area (TPSA) is 66.4 Å². The number of hydrogen-bond donors (Lipinski definition) is 3. The number of methoxy groups -OCH3 is 2. The summed E-state index contributed by atoms with van der Waals surface area (Å²) in [5.74, 6) is 0.372. The Hall–Kier alpha value is -0.810. The third-order valence-corrected chi connectivity index (χ3v) is 1.65. The SMILES string of the molecule is COCCCNC(=N)NCCCOC. The summed E-state index contributed by atoms with van der Waals surface area (Å²) < 4.78 is 9.78. The van der Waals surface area contributed by atoms with Crippen molar-refractivity contribution in [1.82, 2.24) is 10.6 Å². The Kier molecular flexibility index (Phi) is 9.68. The molecule has 0 radical (unpaired) electrons. The van der Waals surface area contributed by atoms with Crippen molar-refractivity contribution in [3.63, 3.8) is 0 Å². The highest BCUT2D eigenvalue weighted by Gasteiger charge is 1.93. The Balaban J connectivity index is 3.11. The largest absolute Gasteiger partial charge is 0.385 e. The van der Waals surface area contributed by atoms with Gasteiger partial charge in [-0.2, -0.15) is 0 Å². The van der Waals surface area contributed by atoms with E-state index in [2.05, 4.69) is 10.6 Å². The second-order valence-corrected chi connectivity index (χ2v) is 2.92. The Morgan fingerprint density at radius 3 is 1.79 bits per heavy atom. The predicted molar refractivity (Wildman–Crippen MR) is 56.7 cm³/mol. The summed E-state index contributed by atoms with van der Waals surface area (Å²) in [6.07, 6.45) is 1.83. The van der Waals surface area contributed by atoms with Crippen LogP contribution >= 0.6 is 0 Å². The summed E-state index contributed by atoms with van der Waals surface area (Å²) in [4.78, 5) is 0. The highest BCUT2D eigenvalue weighted by molar-refractivity contribution is 5.76. The maximum Gasteiger partial charge on any atom is 0.188 e. The standard InChI is InChI=1S/C9H21N3O2/c1-13-7-3-5-11-9(10)12-6-4-8-14-2/h3-8H2,1-2H3,(H3,10,11,12). The van der Waals surface area contributed by atoms with Crippen LogP contribution in [0.1, 0.15) is 12.8 Å². The van der Waals surface area contributed by atoms with Crippen LogP contribution in [0.3, 0.4) is 0 Å². The zero-order chi connectivity index (χ0) is 10.6. The Morgan fingerprint density at radius 2 is 1.43 bits per heavy atom. The van der Waals surface area contributed by atoms with Gasteiger partial charge in [0, 0.05) is 40.5 Å². The fourth-order valence-corrected chi connectivity index (χ4v) is 0.922. The molecule has 0 spiro atoms. The van der Waals surface area contributed by atoms with Crippen LogP contribution in [0.2, 0.25) is 0 Å². The molecule has 5 nitrogen and oxygen atoms in total. The van der Waals surface area contributed by atoms with E-state index in [1.165, 1.54) is 0 Å². The molecule has 0 aliphatic rings. The molecule has 3 N–H and O–H groups in total.